The highest BCUT2D eigenvalue weighted by Gasteiger charge is 2.16. The molecule has 3 N–H and O–H groups in total. The van der Waals surface area contributed by atoms with Crippen LogP contribution in [0.5, 0.6) is 0 Å². The van der Waals surface area contributed by atoms with Gasteiger partial charge in [-0.05, 0) is 61.0 Å². The lowest BCUT2D eigenvalue weighted by atomic mass is 10.2. The summed E-state index contributed by atoms with van der Waals surface area (Å²) < 4.78 is 13.4. The van der Waals surface area contributed by atoms with Crippen molar-refractivity contribution in [2.45, 2.75) is 6.42 Å². The number of nitrogens with zero attached hydrogens (tertiary/aromatic N) is 1. The summed E-state index contributed by atoms with van der Waals surface area (Å²) in [4.78, 5) is 26.4. The Morgan fingerprint density at radius 2 is 1.56 bits per heavy atom. The number of hydrogen-bond donors (Lipinski definition) is 3. The number of anilines is 3. The molecule has 3 aromatic carbocycles. The monoisotopic (exact) mass is 474 g/mol. The molecule has 9 heteroatoms. The Balaban J connectivity index is 1.60. The Morgan fingerprint density at radius 3 is 2.25 bits per heavy atom. The van der Waals surface area contributed by atoms with Crippen molar-refractivity contribution in [3.8, 4) is 0 Å². The lowest BCUT2D eigenvalue weighted by molar-refractivity contribution is 0.252. The molecule has 3 aromatic rings. The highest BCUT2D eigenvalue weighted by molar-refractivity contribution is 6.42. The van der Waals surface area contributed by atoms with E-state index in [2.05, 4.69) is 16.0 Å². The van der Waals surface area contributed by atoms with Crippen molar-refractivity contribution >= 4 is 52.3 Å². The quantitative estimate of drug-likeness (QED) is 0.347. The van der Waals surface area contributed by atoms with Crippen LogP contribution in [0.3, 0.4) is 0 Å². The topological polar surface area (TPSA) is 73.5 Å². The van der Waals surface area contributed by atoms with Crippen molar-refractivity contribution in [2.24, 2.45) is 0 Å². The number of benzene rings is 3. The van der Waals surface area contributed by atoms with E-state index in [1.165, 1.54) is 29.2 Å². The second-order valence-electron chi connectivity index (χ2n) is 6.79. The molecular weight excluding hydrogens is 454 g/mol. The number of nitrogens with one attached hydrogen (secondary N) is 3. The smallest absolute Gasteiger partial charge is 0.326 e. The first kappa shape index (κ1) is 23.4. The predicted molar refractivity (Wildman–Crippen MR) is 127 cm³/mol. The van der Waals surface area contributed by atoms with Crippen LogP contribution in [0.25, 0.3) is 0 Å². The van der Waals surface area contributed by atoms with Crippen LogP contribution in [0.4, 0.5) is 31.0 Å². The van der Waals surface area contributed by atoms with Gasteiger partial charge in [-0.25, -0.2) is 14.0 Å². The average Bonchev–Trinajstić information content (AvgIpc) is 2.78. The van der Waals surface area contributed by atoms with Crippen molar-refractivity contribution < 1.29 is 14.0 Å². The van der Waals surface area contributed by atoms with Crippen LogP contribution >= 0.6 is 23.2 Å². The molecule has 6 nitrogen and oxygen atoms in total. The molecule has 0 aliphatic rings. The third kappa shape index (κ3) is 6.87. The number of hydrogen-bond acceptors (Lipinski definition) is 2. The van der Waals surface area contributed by atoms with E-state index >= 15 is 0 Å². The molecule has 0 saturated heterocycles. The highest BCUT2D eigenvalue weighted by atomic mass is 35.5. The van der Waals surface area contributed by atoms with E-state index in [1.54, 1.807) is 30.3 Å². The zero-order chi connectivity index (χ0) is 22.9. The summed E-state index contributed by atoms with van der Waals surface area (Å²) in [6.07, 6.45) is 0.467. The summed E-state index contributed by atoms with van der Waals surface area (Å²) in [6.45, 7) is 0.612. The number of para-hydroxylation sites is 1. The maximum absolute atomic E-state index is 13.4. The zero-order valence-corrected chi connectivity index (χ0v) is 18.5. The fraction of sp³-hybridized carbons (Fsp3) is 0.130. The largest absolute Gasteiger partial charge is 0.338 e. The van der Waals surface area contributed by atoms with Gasteiger partial charge in [0, 0.05) is 30.2 Å². The molecular formula is C23H21Cl2FN4O2. The van der Waals surface area contributed by atoms with Crippen molar-refractivity contribution in [2.75, 3.05) is 28.6 Å². The van der Waals surface area contributed by atoms with E-state index in [0.717, 1.165) is 0 Å². The summed E-state index contributed by atoms with van der Waals surface area (Å²) in [5.41, 5.74) is 1.66. The third-order valence-corrected chi connectivity index (χ3v) is 5.17. The van der Waals surface area contributed by atoms with Crippen molar-refractivity contribution in [1.82, 2.24) is 5.32 Å². The number of rotatable bonds is 7. The van der Waals surface area contributed by atoms with E-state index in [4.69, 9.17) is 23.2 Å². The van der Waals surface area contributed by atoms with E-state index in [1.807, 2.05) is 18.2 Å². The second-order valence-corrected chi connectivity index (χ2v) is 7.60. The number of carbonyl (C=O) groups excluding carboxylic acids is 2. The summed E-state index contributed by atoms with van der Waals surface area (Å²) in [5.74, 6) is -0.405. The van der Waals surface area contributed by atoms with Crippen LogP contribution in [-0.2, 0) is 0 Å². The molecule has 0 unspecified atom stereocenters. The van der Waals surface area contributed by atoms with Gasteiger partial charge in [-0.3, -0.25) is 4.90 Å². The molecule has 0 saturated carbocycles. The second kappa shape index (κ2) is 11.4. The average molecular weight is 475 g/mol. The molecule has 3 rings (SSSR count). The fourth-order valence-corrected chi connectivity index (χ4v) is 3.17. The summed E-state index contributed by atoms with van der Waals surface area (Å²) in [7, 11) is 0. The van der Waals surface area contributed by atoms with E-state index in [0.29, 0.717) is 40.1 Å². The van der Waals surface area contributed by atoms with Crippen LogP contribution in [0, 0.1) is 5.82 Å². The van der Waals surface area contributed by atoms with Gasteiger partial charge < -0.3 is 16.0 Å². The van der Waals surface area contributed by atoms with Gasteiger partial charge in [0.05, 0.1) is 10.0 Å². The molecule has 0 fully saturated rings. The van der Waals surface area contributed by atoms with Crippen LogP contribution < -0.4 is 20.9 Å². The van der Waals surface area contributed by atoms with Crippen molar-refractivity contribution in [1.29, 1.82) is 0 Å². The summed E-state index contributed by atoms with van der Waals surface area (Å²) >= 11 is 11.9. The molecule has 0 aliphatic heterocycles. The molecule has 0 aliphatic carbocycles. The number of amides is 4. The van der Waals surface area contributed by atoms with E-state index in [9.17, 15) is 14.0 Å². The maximum Gasteiger partial charge on any atom is 0.326 e. The fourth-order valence-electron chi connectivity index (χ4n) is 2.87. The first-order valence-corrected chi connectivity index (χ1v) is 10.6. The van der Waals surface area contributed by atoms with Gasteiger partial charge in [0.2, 0.25) is 0 Å². The van der Waals surface area contributed by atoms with Gasteiger partial charge in [0.15, 0.2) is 0 Å². The molecule has 0 spiro atoms. The molecule has 166 valence electrons. The lowest BCUT2D eigenvalue weighted by Gasteiger charge is -2.23. The molecule has 0 heterocycles. The molecule has 0 aromatic heterocycles. The SMILES string of the molecule is O=C(NCCCN(C(=O)Nc1ccc(Cl)c(Cl)c1)c1ccc(F)cc1)Nc1ccccc1. The van der Waals surface area contributed by atoms with Gasteiger partial charge in [0.1, 0.15) is 5.82 Å². The van der Waals surface area contributed by atoms with Gasteiger partial charge in [-0.2, -0.15) is 0 Å². The van der Waals surface area contributed by atoms with Gasteiger partial charge in [-0.15, -0.1) is 0 Å². The number of halogens is 3. The Kier molecular flexibility index (Phi) is 8.30. The summed E-state index contributed by atoms with van der Waals surface area (Å²) in [5, 5.41) is 8.92. The van der Waals surface area contributed by atoms with Crippen molar-refractivity contribution in [3.05, 3.63) is 88.7 Å². The molecule has 4 amide bonds. The first-order valence-electron chi connectivity index (χ1n) is 9.81. The van der Waals surface area contributed by atoms with Crippen molar-refractivity contribution in [3.63, 3.8) is 0 Å². The maximum atomic E-state index is 13.4. The minimum atomic E-state index is -0.427. The highest BCUT2D eigenvalue weighted by Crippen LogP contribution is 2.25. The first-order chi connectivity index (χ1) is 15.4. The molecule has 32 heavy (non-hydrogen) atoms. The van der Waals surface area contributed by atoms with Gasteiger partial charge in [-0.1, -0.05) is 41.4 Å². The minimum Gasteiger partial charge on any atom is -0.338 e. The number of urea groups is 2. The van der Waals surface area contributed by atoms with E-state index < -0.39 is 11.8 Å². The van der Waals surface area contributed by atoms with Crippen LogP contribution in [0.2, 0.25) is 10.0 Å². The standard InChI is InChI=1S/C23H21Cl2FN4O2/c24-20-12-9-18(15-21(20)25)29-23(32)30(19-10-7-16(26)8-11-19)14-4-13-27-22(31)28-17-5-2-1-3-6-17/h1-3,5-12,15H,4,13-14H2,(H,29,32)(H2,27,28,31). The predicted octanol–water partition coefficient (Wildman–Crippen LogP) is 6.38. The van der Waals surface area contributed by atoms with Crippen LogP contribution in [0.1, 0.15) is 6.42 Å². The Labute approximate surface area is 195 Å². The van der Waals surface area contributed by atoms with E-state index in [-0.39, 0.29) is 12.6 Å². The molecule has 0 atom stereocenters. The van der Waals surface area contributed by atoms with Gasteiger partial charge in [0.25, 0.3) is 0 Å². The minimum absolute atomic E-state index is 0.282. The normalized spacial score (nSPS) is 10.3. The van der Waals surface area contributed by atoms with Gasteiger partial charge >= 0.3 is 12.1 Å². The zero-order valence-electron chi connectivity index (χ0n) is 16.9. The molecule has 0 radical (unpaired) electrons. The molecule has 0 bridgehead atoms. The Morgan fingerprint density at radius 1 is 0.844 bits per heavy atom. The van der Waals surface area contributed by atoms with Crippen LogP contribution in [0.15, 0.2) is 72.8 Å². The lowest BCUT2D eigenvalue weighted by Crippen LogP contribution is -2.38. The van der Waals surface area contributed by atoms with Crippen LogP contribution in [-0.4, -0.2) is 25.2 Å². The Hall–Kier alpha value is -3.29. The summed E-state index contributed by atoms with van der Waals surface area (Å²) in [6, 6.07) is 18.6. The number of carbonyl (C=O) groups is 2. The third-order valence-electron chi connectivity index (χ3n) is 4.43. The Bertz CT molecular complexity index is 1070.